The van der Waals surface area contributed by atoms with Crippen LogP contribution in [-0.2, 0) is 4.74 Å². The lowest BCUT2D eigenvalue weighted by molar-refractivity contribution is -0.947. The minimum Gasteiger partial charge on any atom is -0.493 e. The minimum atomic E-state index is -0.281. The molecule has 2 fully saturated rings. The SMILES string of the molecule is COc1ccc(C(=O)OCC2CCC[N+]3(C)CCCCC23)cc1OC. The molecule has 0 aromatic heterocycles. The topological polar surface area (TPSA) is 44.8 Å². The average Bonchev–Trinajstić information content (AvgIpc) is 2.64. The molecule has 0 radical (unpaired) electrons. The number of quaternary nitrogens is 1. The summed E-state index contributed by atoms with van der Waals surface area (Å²) in [5.74, 6) is 1.35. The smallest absolute Gasteiger partial charge is 0.338 e. The van der Waals surface area contributed by atoms with Crippen LogP contribution in [0.4, 0.5) is 0 Å². The molecule has 0 saturated carbocycles. The largest absolute Gasteiger partial charge is 0.493 e. The summed E-state index contributed by atoms with van der Waals surface area (Å²) in [5.41, 5.74) is 0.509. The molecule has 25 heavy (non-hydrogen) atoms. The zero-order valence-corrected chi connectivity index (χ0v) is 15.6. The van der Waals surface area contributed by atoms with Crippen LogP contribution in [0.5, 0.6) is 11.5 Å². The Morgan fingerprint density at radius 3 is 2.60 bits per heavy atom. The predicted molar refractivity (Wildman–Crippen MR) is 96.1 cm³/mol. The molecule has 1 aromatic rings. The number of ether oxygens (including phenoxy) is 3. The van der Waals surface area contributed by atoms with Crippen LogP contribution in [0.2, 0.25) is 0 Å². The maximum absolute atomic E-state index is 12.5. The van der Waals surface area contributed by atoms with Crippen molar-refractivity contribution in [1.29, 1.82) is 0 Å². The first-order valence-corrected chi connectivity index (χ1v) is 9.31. The van der Waals surface area contributed by atoms with Gasteiger partial charge < -0.3 is 18.7 Å². The van der Waals surface area contributed by atoms with Crippen LogP contribution in [0.15, 0.2) is 18.2 Å². The maximum Gasteiger partial charge on any atom is 0.338 e. The van der Waals surface area contributed by atoms with E-state index in [-0.39, 0.29) is 5.97 Å². The van der Waals surface area contributed by atoms with E-state index < -0.39 is 0 Å². The van der Waals surface area contributed by atoms with Gasteiger partial charge in [0.2, 0.25) is 0 Å². The average molecular weight is 348 g/mol. The molecule has 0 aliphatic carbocycles. The molecule has 2 saturated heterocycles. The Morgan fingerprint density at radius 2 is 1.84 bits per heavy atom. The number of esters is 1. The molecule has 0 bridgehead atoms. The van der Waals surface area contributed by atoms with Gasteiger partial charge in [0.1, 0.15) is 6.61 Å². The van der Waals surface area contributed by atoms with Gasteiger partial charge in [0.25, 0.3) is 0 Å². The Morgan fingerprint density at radius 1 is 1.08 bits per heavy atom. The van der Waals surface area contributed by atoms with Crippen LogP contribution in [0.3, 0.4) is 0 Å². The van der Waals surface area contributed by atoms with Crippen molar-refractivity contribution in [3.8, 4) is 11.5 Å². The normalized spacial score (nSPS) is 28.8. The van der Waals surface area contributed by atoms with Crippen molar-refractivity contribution in [2.75, 3.05) is 41.0 Å². The van der Waals surface area contributed by atoms with E-state index in [0.29, 0.717) is 35.6 Å². The van der Waals surface area contributed by atoms with Crippen molar-refractivity contribution in [3.63, 3.8) is 0 Å². The molecule has 5 heteroatoms. The summed E-state index contributed by atoms with van der Waals surface area (Å²) in [4.78, 5) is 12.5. The summed E-state index contributed by atoms with van der Waals surface area (Å²) in [6, 6.07) is 5.79. The first-order chi connectivity index (χ1) is 12.1. The Balaban J connectivity index is 1.64. The van der Waals surface area contributed by atoms with Crippen LogP contribution >= 0.6 is 0 Å². The van der Waals surface area contributed by atoms with E-state index in [9.17, 15) is 4.79 Å². The van der Waals surface area contributed by atoms with Crippen LogP contribution in [0.25, 0.3) is 0 Å². The second-order valence-corrected chi connectivity index (χ2v) is 7.56. The van der Waals surface area contributed by atoms with Crippen LogP contribution in [-0.4, -0.2) is 57.5 Å². The first kappa shape index (κ1) is 18.1. The molecule has 3 atom stereocenters. The van der Waals surface area contributed by atoms with Crippen molar-refractivity contribution in [2.45, 2.75) is 38.1 Å². The van der Waals surface area contributed by atoms with Crippen LogP contribution < -0.4 is 9.47 Å². The standard InChI is InChI=1S/C20H30NO4/c1-21-11-5-4-8-17(21)16(7-6-12-21)14-25-20(22)15-9-10-18(23-2)19(13-15)24-3/h9-10,13,16-17H,4-8,11-12,14H2,1-3H3/q+1. The lowest BCUT2D eigenvalue weighted by Crippen LogP contribution is -2.61. The number of hydrogen-bond donors (Lipinski definition) is 0. The van der Waals surface area contributed by atoms with E-state index in [1.807, 2.05) is 0 Å². The highest BCUT2D eigenvalue weighted by molar-refractivity contribution is 5.90. The number of benzene rings is 1. The summed E-state index contributed by atoms with van der Waals surface area (Å²) in [7, 11) is 5.53. The zero-order chi connectivity index (χ0) is 17.9. The summed E-state index contributed by atoms with van der Waals surface area (Å²) in [6.45, 7) is 3.06. The van der Waals surface area contributed by atoms with Crippen LogP contribution in [0.1, 0.15) is 42.5 Å². The Labute approximate surface area is 150 Å². The summed E-state index contributed by atoms with van der Waals surface area (Å²) in [5, 5.41) is 0. The zero-order valence-electron chi connectivity index (χ0n) is 15.6. The molecule has 0 amide bonds. The number of methoxy groups -OCH3 is 2. The number of carbonyl (C=O) groups is 1. The highest BCUT2D eigenvalue weighted by Gasteiger charge is 2.43. The Hall–Kier alpha value is -1.75. The van der Waals surface area contributed by atoms with Gasteiger partial charge in [0.15, 0.2) is 11.5 Å². The Kier molecular flexibility index (Phi) is 5.52. The van der Waals surface area contributed by atoms with E-state index in [2.05, 4.69) is 7.05 Å². The Bertz CT molecular complexity index is 614. The molecule has 2 aliphatic heterocycles. The van der Waals surface area contributed by atoms with E-state index in [0.717, 1.165) is 6.42 Å². The van der Waals surface area contributed by atoms with Crippen molar-refractivity contribution in [1.82, 2.24) is 0 Å². The molecular formula is C20H30NO4+. The second kappa shape index (κ2) is 7.65. The first-order valence-electron chi connectivity index (χ1n) is 9.31. The molecule has 5 nitrogen and oxygen atoms in total. The van der Waals surface area contributed by atoms with Gasteiger partial charge in [-0.1, -0.05) is 0 Å². The van der Waals surface area contributed by atoms with E-state index >= 15 is 0 Å². The fourth-order valence-electron chi connectivity index (χ4n) is 4.66. The molecule has 3 rings (SSSR count). The third-order valence-electron chi connectivity index (χ3n) is 6.06. The fourth-order valence-corrected chi connectivity index (χ4v) is 4.66. The summed E-state index contributed by atoms with van der Waals surface area (Å²) < 4.78 is 17.3. The molecule has 2 aliphatic rings. The van der Waals surface area contributed by atoms with Crippen LogP contribution in [0, 0.1) is 5.92 Å². The molecule has 1 aromatic carbocycles. The van der Waals surface area contributed by atoms with Gasteiger partial charge in [-0.25, -0.2) is 4.79 Å². The van der Waals surface area contributed by atoms with Gasteiger partial charge in [-0.15, -0.1) is 0 Å². The number of piperidine rings is 2. The van der Waals surface area contributed by atoms with Crippen molar-refractivity contribution in [3.05, 3.63) is 23.8 Å². The number of rotatable bonds is 5. The summed E-state index contributed by atoms with van der Waals surface area (Å²) >= 11 is 0. The van der Waals surface area contributed by atoms with E-state index in [1.165, 1.54) is 43.3 Å². The third-order valence-corrected chi connectivity index (χ3v) is 6.06. The summed E-state index contributed by atoms with van der Waals surface area (Å²) in [6.07, 6.45) is 6.28. The van der Waals surface area contributed by atoms with Gasteiger partial charge in [-0.05, 0) is 43.9 Å². The minimum absolute atomic E-state index is 0.281. The molecule has 3 unspecified atom stereocenters. The molecular weight excluding hydrogens is 318 g/mol. The number of carbonyl (C=O) groups excluding carboxylic acids is 1. The van der Waals surface area contributed by atoms with Gasteiger partial charge in [-0.3, -0.25) is 0 Å². The van der Waals surface area contributed by atoms with Crippen molar-refractivity contribution < 1.29 is 23.5 Å². The molecule has 0 spiro atoms. The van der Waals surface area contributed by atoms with E-state index in [1.54, 1.807) is 32.4 Å². The fraction of sp³-hybridized carbons (Fsp3) is 0.650. The van der Waals surface area contributed by atoms with Crippen molar-refractivity contribution >= 4 is 5.97 Å². The molecule has 0 N–H and O–H groups in total. The highest BCUT2D eigenvalue weighted by atomic mass is 16.5. The number of fused-ring (bicyclic) bond motifs is 1. The van der Waals surface area contributed by atoms with Gasteiger partial charge >= 0.3 is 5.97 Å². The third kappa shape index (κ3) is 3.76. The number of nitrogens with zero attached hydrogens (tertiary/aromatic N) is 1. The van der Waals surface area contributed by atoms with E-state index in [4.69, 9.17) is 14.2 Å². The highest BCUT2D eigenvalue weighted by Crippen LogP contribution is 2.36. The maximum atomic E-state index is 12.5. The number of hydrogen-bond acceptors (Lipinski definition) is 4. The quantitative estimate of drug-likeness (QED) is 0.605. The van der Waals surface area contributed by atoms with Gasteiger partial charge in [-0.2, -0.15) is 0 Å². The lowest BCUT2D eigenvalue weighted by Gasteiger charge is -2.51. The second-order valence-electron chi connectivity index (χ2n) is 7.56. The van der Waals surface area contributed by atoms with Gasteiger partial charge in [0.05, 0.1) is 46.0 Å². The van der Waals surface area contributed by atoms with Crippen molar-refractivity contribution in [2.24, 2.45) is 5.92 Å². The molecule has 138 valence electrons. The lowest BCUT2D eigenvalue weighted by atomic mass is 9.82. The predicted octanol–water partition coefficient (Wildman–Crippen LogP) is 3.27. The molecule has 2 heterocycles. The van der Waals surface area contributed by atoms with Gasteiger partial charge in [0, 0.05) is 12.3 Å². The monoisotopic (exact) mass is 348 g/mol.